The van der Waals surface area contributed by atoms with E-state index in [1.807, 2.05) is 60.4 Å². The van der Waals surface area contributed by atoms with Crippen molar-refractivity contribution in [1.82, 2.24) is 10.2 Å². The van der Waals surface area contributed by atoms with E-state index >= 15 is 0 Å². The lowest BCUT2D eigenvalue weighted by molar-refractivity contribution is -0.119. The number of ether oxygens (including phenoxy) is 1. The molecule has 154 valence electrons. The zero-order chi connectivity index (χ0) is 20.6. The molecule has 0 unspecified atom stereocenters. The van der Waals surface area contributed by atoms with Crippen molar-refractivity contribution in [1.29, 1.82) is 0 Å². The highest BCUT2D eigenvalue weighted by molar-refractivity contribution is 5.94. The third-order valence-electron chi connectivity index (χ3n) is 5.34. The number of amides is 2. The molecule has 0 saturated carbocycles. The zero-order valence-electron chi connectivity index (χ0n) is 17.1. The highest BCUT2D eigenvalue weighted by Crippen LogP contribution is 2.26. The van der Waals surface area contributed by atoms with Gasteiger partial charge in [0.25, 0.3) is 0 Å². The summed E-state index contributed by atoms with van der Waals surface area (Å²) in [5.41, 5.74) is 2.09. The van der Waals surface area contributed by atoms with Gasteiger partial charge in [-0.15, -0.1) is 0 Å². The molecule has 2 aromatic rings. The van der Waals surface area contributed by atoms with Crippen molar-refractivity contribution in [3.63, 3.8) is 0 Å². The first-order valence-corrected chi connectivity index (χ1v) is 10.1. The van der Waals surface area contributed by atoms with Gasteiger partial charge in [-0.1, -0.05) is 55.5 Å². The Morgan fingerprint density at radius 3 is 2.38 bits per heavy atom. The molecule has 6 nitrogen and oxygen atoms in total. The Bertz CT molecular complexity index is 798. The molecule has 1 saturated heterocycles. The number of alkyl carbamates (subject to hydrolysis) is 1. The molecule has 0 aliphatic carbocycles. The van der Waals surface area contributed by atoms with Gasteiger partial charge in [-0.25, -0.2) is 4.79 Å². The van der Waals surface area contributed by atoms with Crippen molar-refractivity contribution < 1.29 is 14.3 Å². The molecule has 1 N–H and O–H groups in total. The third kappa shape index (κ3) is 5.35. The molecule has 0 spiro atoms. The number of para-hydroxylation sites is 1. The quantitative estimate of drug-likeness (QED) is 0.814. The van der Waals surface area contributed by atoms with Gasteiger partial charge in [0.1, 0.15) is 0 Å². The van der Waals surface area contributed by atoms with Crippen LogP contribution in [0.2, 0.25) is 0 Å². The highest BCUT2D eigenvalue weighted by atomic mass is 16.5. The molecule has 0 aromatic heterocycles. The Balaban J connectivity index is 1.83. The van der Waals surface area contributed by atoms with Crippen LogP contribution in [0.25, 0.3) is 0 Å². The molecule has 3 rings (SSSR count). The van der Waals surface area contributed by atoms with Gasteiger partial charge in [0.05, 0.1) is 19.2 Å². The van der Waals surface area contributed by atoms with E-state index in [0.717, 1.165) is 25.2 Å². The van der Waals surface area contributed by atoms with Crippen molar-refractivity contribution in [3.8, 4) is 0 Å². The van der Waals surface area contributed by atoms with E-state index in [-0.39, 0.29) is 18.0 Å². The van der Waals surface area contributed by atoms with E-state index in [4.69, 9.17) is 4.74 Å². The second-order valence-electron chi connectivity index (χ2n) is 7.27. The van der Waals surface area contributed by atoms with Gasteiger partial charge < -0.3 is 15.0 Å². The summed E-state index contributed by atoms with van der Waals surface area (Å²) in [6.07, 6.45) is 0.699. The average molecular weight is 396 g/mol. The fourth-order valence-corrected chi connectivity index (χ4v) is 3.93. The molecule has 29 heavy (non-hydrogen) atoms. The number of benzene rings is 2. The number of carbonyl (C=O) groups excluding carboxylic acids is 2. The number of piperidine rings is 1. The molecule has 1 fully saturated rings. The van der Waals surface area contributed by atoms with Crippen LogP contribution < -0.4 is 10.2 Å². The van der Waals surface area contributed by atoms with Crippen molar-refractivity contribution in [2.24, 2.45) is 0 Å². The van der Waals surface area contributed by atoms with Gasteiger partial charge in [0.15, 0.2) is 0 Å². The second-order valence-corrected chi connectivity index (χ2v) is 7.27. The zero-order valence-corrected chi connectivity index (χ0v) is 17.1. The molecule has 6 heteroatoms. The Morgan fingerprint density at radius 1 is 1.10 bits per heavy atom. The number of rotatable bonds is 6. The third-order valence-corrected chi connectivity index (χ3v) is 5.34. The molecule has 0 radical (unpaired) electrons. The van der Waals surface area contributed by atoms with Crippen LogP contribution >= 0.6 is 0 Å². The Labute approximate surface area is 172 Å². The second kappa shape index (κ2) is 10.1. The Kier molecular flexibility index (Phi) is 7.25. The van der Waals surface area contributed by atoms with Crippen LogP contribution in [0.3, 0.4) is 0 Å². The molecule has 2 amide bonds. The largest absolute Gasteiger partial charge is 0.453 e. The molecule has 2 atom stereocenters. The first-order valence-electron chi connectivity index (χ1n) is 10.1. The van der Waals surface area contributed by atoms with E-state index in [9.17, 15) is 9.59 Å². The fraction of sp³-hybridized carbons (Fsp3) is 0.391. The number of methoxy groups -OCH3 is 1. The summed E-state index contributed by atoms with van der Waals surface area (Å²) in [4.78, 5) is 29.0. The molecular formula is C23H29N3O3. The minimum absolute atomic E-state index is 0.0503. The van der Waals surface area contributed by atoms with Crippen LogP contribution in [-0.4, -0.2) is 49.2 Å². The molecule has 1 aliphatic heterocycles. The number of hydrogen-bond donors (Lipinski definition) is 1. The minimum Gasteiger partial charge on any atom is -0.453 e. The normalized spacial score (nSPS) is 19.4. The van der Waals surface area contributed by atoms with Crippen LogP contribution in [-0.2, 0) is 16.1 Å². The van der Waals surface area contributed by atoms with Crippen molar-refractivity contribution in [2.45, 2.75) is 38.4 Å². The van der Waals surface area contributed by atoms with Crippen LogP contribution in [0, 0.1) is 0 Å². The molecule has 1 heterocycles. The van der Waals surface area contributed by atoms with Crippen molar-refractivity contribution in [3.05, 3.63) is 66.2 Å². The Hall–Kier alpha value is -2.86. The van der Waals surface area contributed by atoms with Crippen LogP contribution in [0.15, 0.2) is 60.7 Å². The van der Waals surface area contributed by atoms with Gasteiger partial charge in [0, 0.05) is 31.7 Å². The summed E-state index contributed by atoms with van der Waals surface area (Å²) in [5.74, 6) is 0.0503. The minimum atomic E-state index is -0.474. The first-order chi connectivity index (χ1) is 14.1. The maximum Gasteiger partial charge on any atom is 0.407 e. The number of anilines is 1. The van der Waals surface area contributed by atoms with Gasteiger partial charge in [-0.3, -0.25) is 9.69 Å². The summed E-state index contributed by atoms with van der Waals surface area (Å²) < 4.78 is 4.86. The maximum absolute atomic E-state index is 12.9. The number of nitrogens with one attached hydrogen (secondary N) is 1. The summed E-state index contributed by atoms with van der Waals surface area (Å²) in [6.45, 7) is 4.17. The lowest BCUT2D eigenvalue weighted by Gasteiger charge is -2.44. The number of hydrogen-bond acceptors (Lipinski definition) is 4. The van der Waals surface area contributed by atoms with E-state index in [1.165, 1.54) is 12.7 Å². The van der Waals surface area contributed by atoms with Gasteiger partial charge >= 0.3 is 6.09 Å². The van der Waals surface area contributed by atoms with Crippen molar-refractivity contribution >= 4 is 17.7 Å². The fourth-order valence-electron chi connectivity index (χ4n) is 3.93. The standard InChI is InChI=1S/C23H29N3O3/c1-3-22(27)26(19-12-8-5-9-13-19)21-14-15-25(16-18-10-6-4-7-11-18)17-20(21)24-23(28)29-2/h4-13,20-21H,3,14-17H2,1-2H3,(H,24,28)/t20-,21-/m1/s1. The van der Waals surface area contributed by atoms with E-state index in [2.05, 4.69) is 22.3 Å². The monoisotopic (exact) mass is 395 g/mol. The SMILES string of the molecule is CCC(=O)N(c1ccccc1)[C@@H]1CCN(Cc2ccccc2)C[C@H]1NC(=O)OC. The van der Waals surface area contributed by atoms with Gasteiger partial charge in [-0.2, -0.15) is 0 Å². The maximum atomic E-state index is 12.9. The molecule has 0 bridgehead atoms. The predicted molar refractivity (Wildman–Crippen MR) is 114 cm³/mol. The van der Waals surface area contributed by atoms with E-state index in [1.54, 1.807) is 0 Å². The first kappa shape index (κ1) is 20.9. The molecule has 2 aromatic carbocycles. The lowest BCUT2D eigenvalue weighted by atomic mass is 9.95. The molecule has 1 aliphatic rings. The van der Waals surface area contributed by atoms with Crippen LogP contribution in [0.1, 0.15) is 25.3 Å². The smallest absolute Gasteiger partial charge is 0.407 e. The number of carbonyl (C=O) groups is 2. The highest BCUT2D eigenvalue weighted by Gasteiger charge is 2.37. The average Bonchev–Trinajstić information content (AvgIpc) is 2.76. The Morgan fingerprint density at radius 2 is 1.76 bits per heavy atom. The van der Waals surface area contributed by atoms with Gasteiger partial charge in [-0.05, 0) is 24.1 Å². The van der Waals surface area contributed by atoms with Crippen molar-refractivity contribution in [2.75, 3.05) is 25.1 Å². The molecular weight excluding hydrogens is 366 g/mol. The number of likely N-dealkylation sites (tertiary alicyclic amines) is 1. The summed E-state index contributed by atoms with van der Waals surface area (Å²) in [5, 5.41) is 2.97. The van der Waals surface area contributed by atoms with Gasteiger partial charge in [0.2, 0.25) is 5.91 Å². The summed E-state index contributed by atoms with van der Waals surface area (Å²) in [6, 6.07) is 19.6. The van der Waals surface area contributed by atoms with Crippen LogP contribution in [0.5, 0.6) is 0 Å². The lowest BCUT2D eigenvalue weighted by Crippen LogP contribution is -2.61. The van der Waals surface area contributed by atoms with E-state index in [0.29, 0.717) is 13.0 Å². The van der Waals surface area contributed by atoms with Crippen LogP contribution in [0.4, 0.5) is 10.5 Å². The predicted octanol–water partition coefficient (Wildman–Crippen LogP) is 3.43. The summed E-state index contributed by atoms with van der Waals surface area (Å²) in [7, 11) is 1.36. The number of nitrogens with zero attached hydrogens (tertiary/aromatic N) is 2. The topological polar surface area (TPSA) is 61.9 Å². The van der Waals surface area contributed by atoms with E-state index < -0.39 is 6.09 Å². The summed E-state index contributed by atoms with van der Waals surface area (Å²) >= 11 is 0.